The van der Waals surface area contributed by atoms with Crippen molar-refractivity contribution in [3.05, 3.63) is 89.5 Å². The molecular weight excluding hydrogens is 628 g/mol. The van der Waals surface area contributed by atoms with Gasteiger partial charge in [0, 0.05) is 18.2 Å². The lowest BCUT2D eigenvalue weighted by Gasteiger charge is -2.25. The first kappa shape index (κ1) is 36.4. The molecule has 0 fully saturated rings. The quantitative estimate of drug-likeness (QED) is 0.104. The van der Waals surface area contributed by atoms with Crippen molar-refractivity contribution >= 4 is 35.6 Å². The topological polar surface area (TPSA) is 204 Å². The van der Waals surface area contributed by atoms with Gasteiger partial charge in [0.2, 0.25) is 11.8 Å². The van der Waals surface area contributed by atoms with Crippen LogP contribution in [0.15, 0.2) is 72.8 Å². The first-order chi connectivity index (χ1) is 23.5. The number of amides is 5. The summed E-state index contributed by atoms with van der Waals surface area (Å²) in [4.78, 5) is 62.8. The Balaban J connectivity index is 1.39. The minimum atomic E-state index is -1.01. The lowest BCUT2D eigenvalue weighted by Crippen LogP contribution is -2.54. The van der Waals surface area contributed by atoms with Crippen LogP contribution in [-0.2, 0) is 30.3 Å². The highest BCUT2D eigenvalue weighted by Gasteiger charge is 2.32. The van der Waals surface area contributed by atoms with Crippen molar-refractivity contribution < 1.29 is 33.4 Å². The SMILES string of the molecule is COC(=O)C(N)Cc1ccc(NC(=O)[C@H](CCCNC(N)=O)NC(=O)C(NC(=O)OCC2c3ccccc3-c3ccccc32)C(C)C)cc1. The van der Waals surface area contributed by atoms with Gasteiger partial charge in [-0.15, -0.1) is 0 Å². The van der Waals surface area contributed by atoms with Gasteiger partial charge >= 0.3 is 18.1 Å². The van der Waals surface area contributed by atoms with Crippen LogP contribution < -0.4 is 32.7 Å². The Kier molecular flexibility index (Phi) is 12.7. The average molecular weight is 673 g/mol. The van der Waals surface area contributed by atoms with Crippen LogP contribution in [0, 0.1) is 5.92 Å². The Morgan fingerprint density at radius 2 is 1.45 bits per heavy atom. The van der Waals surface area contributed by atoms with Crippen molar-refractivity contribution in [2.75, 3.05) is 25.6 Å². The van der Waals surface area contributed by atoms with E-state index in [0.29, 0.717) is 12.1 Å². The fraction of sp³-hybridized carbons (Fsp3) is 0.361. The predicted octanol–water partition coefficient (Wildman–Crippen LogP) is 3.16. The molecule has 0 saturated heterocycles. The molecule has 0 radical (unpaired) electrons. The normalized spacial score (nSPS) is 13.7. The van der Waals surface area contributed by atoms with E-state index in [1.54, 1.807) is 38.1 Å². The number of fused-ring (bicyclic) bond motifs is 3. The zero-order valence-electron chi connectivity index (χ0n) is 27.9. The summed E-state index contributed by atoms with van der Waals surface area (Å²) in [6.45, 7) is 3.81. The standard InChI is InChI=1S/C36H44N6O7/c1-21(2)31(42-36(47)49-20-28-26-11-6-4-9-24(26)25-10-5-7-12-27(25)28)33(44)41-30(13-8-18-39-35(38)46)32(43)40-23-16-14-22(15-17-23)19-29(37)34(45)48-3/h4-7,9-12,14-17,21,28-31H,8,13,18-20,37H2,1-3H3,(H,40,43)(H,41,44)(H,42,47)(H3,38,39,46)/t29?,30-,31?/m0/s1. The molecule has 13 nitrogen and oxygen atoms in total. The van der Waals surface area contributed by atoms with Gasteiger partial charge in [0.15, 0.2) is 0 Å². The van der Waals surface area contributed by atoms with Gasteiger partial charge in [-0.25, -0.2) is 9.59 Å². The van der Waals surface area contributed by atoms with Gasteiger partial charge in [0.05, 0.1) is 7.11 Å². The van der Waals surface area contributed by atoms with Crippen LogP contribution in [0.25, 0.3) is 11.1 Å². The number of nitrogens with two attached hydrogens (primary N) is 2. The summed E-state index contributed by atoms with van der Waals surface area (Å²) >= 11 is 0. The molecule has 0 spiro atoms. The number of carbonyl (C=O) groups excluding carboxylic acids is 5. The van der Waals surface area contributed by atoms with Crippen molar-refractivity contribution in [3.8, 4) is 11.1 Å². The summed E-state index contributed by atoms with van der Waals surface area (Å²) in [7, 11) is 1.26. The van der Waals surface area contributed by atoms with Crippen LogP contribution in [0.2, 0.25) is 0 Å². The van der Waals surface area contributed by atoms with Gasteiger partial charge in [0.1, 0.15) is 24.7 Å². The maximum atomic E-state index is 13.5. The second kappa shape index (κ2) is 17.1. The molecule has 5 amide bonds. The van der Waals surface area contributed by atoms with Gasteiger partial charge in [0.25, 0.3) is 0 Å². The maximum Gasteiger partial charge on any atom is 0.407 e. The number of esters is 1. The molecular formula is C36H44N6O7. The molecule has 2 unspecified atom stereocenters. The van der Waals surface area contributed by atoms with E-state index in [1.165, 1.54) is 7.11 Å². The van der Waals surface area contributed by atoms with Crippen LogP contribution in [0.5, 0.6) is 0 Å². The molecule has 260 valence electrons. The number of carbonyl (C=O) groups is 5. The van der Waals surface area contributed by atoms with Crippen LogP contribution in [-0.4, -0.2) is 68.3 Å². The largest absolute Gasteiger partial charge is 0.468 e. The van der Waals surface area contributed by atoms with Gasteiger partial charge in [-0.1, -0.05) is 74.5 Å². The summed E-state index contributed by atoms with van der Waals surface area (Å²) in [6, 6.07) is 19.2. The number of nitrogens with one attached hydrogen (secondary N) is 4. The van der Waals surface area contributed by atoms with Gasteiger partial charge < -0.3 is 42.2 Å². The number of primary amides is 1. The number of methoxy groups -OCH3 is 1. The monoisotopic (exact) mass is 672 g/mol. The van der Waals surface area contributed by atoms with E-state index in [2.05, 4.69) is 26.0 Å². The summed E-state index contributed by atoms with van der Waals surface area (Å²) in [5.74, 6) is -2.10. The maximum absolute atomic E-state index is 13.5. The second-order valence-electron chi connectivity index (χ2n) is 12.2. The van der Waals surface area contributed by atoms with Gasteiger partial charge in [-0.05, 0) is 65.1 Å². The van der Waals surface area contributed by atoms with Crippen molar-refractivity contribution in [2.45, 2.75) is 57.2 Å². The first-order valence-electron chi connectivity index (χ1n) is 16.2. The Labute approximate surface area is 285 Å². The van der Waals surface area contributed by atoms with Crippen LogP contribution in [0.1, 0.15) is 49.3 Å². The van der Waals surface area contributed by atoms with Crippen molar-refractivity contribution in [3.63, 3.8) is 0 Å². The number of alkyl carbamates (subject to hydrolysis) is 1. The van der Waals surface area contributed by atoms with Gasteiger partial charge in [-0.2, -0.15) is 0 Å². The molecule has 13 heteroatoms. The second-order valence-corrected chi connectivity index (χ2v) is 12.2. The average Bonchev–Trinajstić information content (AvgIpc) is 3.41. The molecule has 4 rings (SSSR count). The van der Waals surface area contributed by atoms with Crippen molar-refractivity contribution in [1.82, 2.24) is 16.0 Å². The third-order valence-corrected chi connectivity index (χ3v) is 8.35. The first-order valence-corrected chi connectivity index (χ1v) is 16.2. The molecule has 0 aliphatic heterocycles. The number of urea groups is 1. The summed E-state index contributed by atoms with van der Waals surface area (Å²) < 4.78 is 10.3. The highest BCUT2D eigenvalue weighted by molar-refractivity contribution is 5.98. The number of anilines is 1. The lowest BCUT2D eigenvalue weighted by molar-refractivity contribution is -0.142. The minimum absolute atomic E-state index is 0.0810. The third kappa shape index (κ3) is 9.80. The summed E-state index contributed by atoms with van der Waals surface area (Å²) in [6.07, 6.45) is -0.00798. The molecule has 1 aliphatic rings. The number of ether oxygens (including phenoxy) is 2. The molecule has 49 heavy (non-hydrogen) atoms. The van der Waals surface area contributed by atoms with Crippen LogP contribution in [0.4, 0.5) is 15.3 Å². The zero-order valence-corrected chi connectivity index (χ0v) is 27.9. The number of hydrogen-bond acceptors (Lipinski definition) is 8. The molecule has 0 saturated carbocycles. The van der Waals surface area contributed by atoms with E-state index in [1.807, 2.05) is 48.5 Å². The van der Waals surface area contributed by atoms with Crippen molar-refractivity contribution in [1.29, 1.82) is 0 Å². The molecule has 1 aliphatic carbocycles. The molecule has 0 heterocycles. The fourth-order valence-electron chi connectivity index (χ4n) is 5.79. The van der Waals surface area contributed by atoms with E-state index in [4.69, 9.17) is 16.2 Å². The third-order valence-electron chi connectivity index (χ3n) is 8.35. The summed E-state index contributed by atoms with van der Waals surface area (Å²) in [5.41, 5.74) is 16.5. The molecule has 0 bridgehead atoms. The Morgan fingerprint density at radius 1 is 0.837 bits per heavy atom. The fourth-order valence-corrected chi connectivity index (χ4v) is 5.79. The van der Waals surface area contributed by atoms with E-state index in [0.717, 1.165) is 27.8 Å². The minimum Gasteiger partial charge on any atom is -0.468 e. The Hall–Kier alpha value is -5.43. The van der Waals surface area contributed by atoms with Crippen molar-refractivity contribution in [2.24, 2.45) is 17.4 Å². The molecule has 0 aromatic heterocycles. The van der Waals surface area contributed by atoms with Gasteiger partial charge in [-0.3, -0.25) is 14.4 Å². The zero-order chi connectivity index (χ0) is 35.5. The molecule has 8 N–H and O–H groups in total. The summed E-state index contributed by atoms with van der Waals surface area (Å²) in [5, 5.41) is 10.7. The lowest BCUT2D eigenvalue weighted by atomic mass is 9.98. The molecule has 3 atom stereocenters. The smallest absolute Gasteiger partial charge is 0.407 e. The molecule has 3 aromatic rings. The highest BCUT2D eigenvalue weighted by atomic mass is 16.5. The number of benzene rings is 3. The Bertz CT molecular complexity index is 1600. The van der Waals surface area contributed by atoms with E-state index < -0.39 is 48.0 Å². The number of hydrogen-bond donors (Lipinski definition) is 6. The molecule has 3 aromatic carbocycles. The predicted molar refractivity (Wildman–Crippen MR) is 184 cm³/mol. The van der Waals surface area contributed by atoms with E-state index in [9.17, 15) is 24.0 Å². The van der Waals surface area contributed by atoms with Crippen LogP contribution >= 0.6 is 0 Å². The Morgan fingerprint density at radius 3 is 2.02 bits per heavy atom. The van der Waals surface area contributed by atoms with E-state index in [-0.39, 0.29) is 37.8 Å². The highest BCUT2D eigenvalue weighted by Crippen LogP contribution is 2.44. The van der Waals surface area contributed by atoms with Crippen LogP contribution in [0.3, 0.4) is 0 Å². The van der Waals surface area contributed by atoms with E-state index >= 15 is 0 Å². The number of rotatable bonds is 15.